The van der Waals surface area contributed by atoms with Crippen molar-refractivity contribution >= 4 is 5.97 Å². The summed E-state index contributed by atoms with van der Waals surface area (Å²) in [6, 6.07) is 8.74. The maximum absolute atomic E-state index is 11.3. The summed E-state index contributed by atoms with van der Waals surface area (Å²) in [7, 11) is 0. The van der Waals surface area contributed by atoms with Gasteiger partial charge in [-0.15, -0.1) is 0 Å². The molecule has 0 bridgehead atoms. The van der Waals surface area contributed by atoms with Gasteiger partial charge in [0.2, 0.25) is 5.60 Å². The highest BCUT2D eigenvalue weighted by Gasteiger charge is 2.44. The third kappa shape index (κ3) is 2.09. The lowest BCUT2D eigenvalue weighted by Crippen LogP contribution is -2.41. The van der Waals surface area contributed by atoms with E-state index >= 15 is 0 Å². The Morgan fingerprint density at radius 3 is 2.59 bits per heavy atom. The maximum Gasteiger partial charge on any atom is 0.348 e. The third-order valence-electron chi connectivity index (χ3n) is 3.11. The van der Waals surface area contributed by atoms with Crippen LogP contribution in [0.15, 0.2) is 24.3 Å². The number of para-hydroxylation sites is 1. The van der Waals surface area contributed by atoms with Crippen molar-refractivity contribution in [2.45, 2.75) is 31.3 Å². The Morgan fingerprint density at radius 2 is 2.00 bits per heavy atom. The smallest absolute Gasteiger partial charge is 0.348 e. The highest BCUT2D eigenvalue weighted by molar-refractivity contribution is 5.78. The Morgan fingerprint density at radius 1 is 1.35 bits per heavy atom. The van der Waals surface area contributed by atoms with Crippen LogP contribution >= 0.6 is 0 Å². The Hall–Kier alpha value is -2.02. The number of ether oxygens (including phenoxy) is 1. The lowest BCUT2D eigenvalue weighted by Gasteiger charge is -2.25. The number of carbonyl (C=O) groups is 1. The molecule has 0 atom stereocenters. The van der Waals surface area contributed by atoms with Crippen molar-refractivity contribution in [1.29, 1.82) is 5.26 Å². The van der Waals surface area contributed by atoms with Gasteiger partial charge in [-0.3, -0.25) is 0 Å². The molecule has 17 heavy (non-hydrogen) atoms. The molecule has 88 valence electrons. The van der Waals surface area contributed by atoms with E-state index in [9.17, 15) is 9.90 Å². The Bertz CT molecular complexity index is 470. The zero-order valence-electron chi connectivity index (χ0n) is 9.35. The first-order valence-corrected chi connectivity index (χ1v) is 5.59. The van der Waals surface area contributed by atoms with Gasteiger partial charge in [0.25, 0.3) is 0 Å². The van der Waals surface area contributed by atoms with Gasteiger partial charge >= 0.3 is 5.97 Å². The minimum atomic E-state index is -1.15. The van der Waals surface area contributed by atoms with Crippen molar-refractivity contribution in [3.05, 3.63) is 29.8 Å². The second-order valence-corrected chi connectivity index (χ2v) is 4.22. The molecular weight excluding hydrogens is 218 g/mol. The monoisotopic (exact) mass is 231 g/mol. The summed E-state index contributed by atoms with van der Waals surface area (Å²) in [6.45, 7) is 0. The number of carboxylic acids is 1. The molecule has 1 aromatic carbocycles. The van der Waals surface area contributed by atoms with E-state index in [1.807, 2.05) is 6.07 Å². The topological polar surface area (TPSA) is 70.3 Å². The summed E-state index contributed by atoms with van der Waals surface area (Å²) >= 11 is 0. The number of hydrogen-bond donors (Lipinski definition) is 1. The van der Waals surface area contributed by atoms with Crippen LogP contribution < -0.4 is 4.74 Å². The van der Waals surface area contributed by atoms with Gasteiger partial charge in [-0.1, -0.05) is 12.1 Å². The van der Waals surface area contributed by atoms with Crippen molar-refractivity contribution in [2.75, 3.05) is 0 Å². The summed E-state index contributed by atoms with van der Waals surface area (Å²) in [5, 5.41) is 18.2. The number of benzene rings is 1. The van der Waals surface area contributed by atoms with Crippen LogP contribution in [0.3, 0.4) is 0 Å². The highest BCUT2D eigenvalue weighted by atomic mass is 16.5. The van der Waals surface area contributed by atoms with Gasteiger partial charge in [0.1, 0.15) is 11.8 Å². The Labute approximate surface area is 99.4 Å². The van der Waals surface area contributed by atoms with E-state index in [2.05, 4.69) is 0 Å². The van der Waals surface area contributed by atoms with Crippen molar-refractivity contribution in [2.24, 2.45) is 0 Å². The molecule has 0 heterocycles. The largest absolute Gasteiger partial charge is 0.478 e. The van der Waals surface area contributed by atoms with Gasteiger partial charge in [0.15, 0.2) is 0 Å². The number of aliphatic carboxylic acids is 1. The molecule has 0 aromatic heterocycles. The van der Waals surface area contributed by atoms with Crippen LogP contribution in [-0.2, 0) is 4.79 Å². The molecule has 1 N–H and O–H groups in total. The fourth-order valence-electron chi connectivity index (χ4n) is 2.16. The second kappa shape index (κ2) is 4.46. The quantitative estimate of drug-likeness (QED) is 0.866. The van der Waals surface area contributed by atoms with Crippen LogP contribution in [-0.4, -0.2) is 16.7 Å². The average Bonchev–Trinajstić information content (AvgIpc) is 2.80. The van der Waals surface area contributed by atoms with Gasteiger partial charge in [0.05, 0.1) is 5.56 Å². The van der Waals surface area contributed by atoms with Crippen LogP contribution in [0.5, 0.6) is 5.75 Å². The number of hydrogen-bond acceptors (Lipinski definition) is 3. The van der Waals surface area contributed by atoms with E-state index in [1.165, 1.54) is 0 Å². The van der Waals surface area contributed by atoms with E-state index in [0.29, 0.717) is 24.2 Å². The van der Waals surface area contributed by atoms with Gasteiger partial charge in [-0.25, -0.2) is 4.79 Å². The average molecular weight is 231 g/mol. The fourth-order valence-corrected chi connectivity index (χ4v) is 2.16. The van der Waals surface area contributed by atoms with Crippen molar-refractivity contribution in [1.82, 2.24) is 0 Å². The molecule has 1 aliphatic carbocycles. The molecule has 0 aliphatic heterocycles. The normalized spacial score (nSPS) is 17.4. The first-order chi connectivity index (χ1) is 8.18. The predicted molar refractivity (Wildman–Crippen MR) is 60.6 cm³/mol. The minimum absolute atomic E-state index is 0.360. The predicted octanol–water partition coefficient (Wildman–Crippen LogP) is 2.33. The summed E-state index contributed by atoms with van der Waals surface area (Å²) in [5.41, 5.74) is -0.771. The first-order valence-electron chi connectivity index (χ1n) is 5.59. The lowest BCUT2D eigenvalue weighted by atomic mass is 10.0. The molecule has 1 fully saturated rings. The SMILES string of the molecule is N#Cc1ccccc1OC1(C(=O)O)CCCC1. The van der Waals surface area contributed by atoms with E-state index in [1.54, 1.807) is 24.3 Å². The molecule has 0 radical (unpaired) electrons. The van der Waals surface area contributed by atoms with Gasteiger partial charge < -0.3 is 9.84 Å². The molecule has 4 heteroatoms. The van der Waals surface area contributed by atoms with Crippen molar-refractivity contribution < 1.29 is 14.6 Å². The number of rotatable bonds is 3. The third-order valence-corrected chi connectivity index (χ3v) is 3.11. The van der Waals surface area contributed by atoms with Crippen LogP contribution in [0.2, 0.25) is 0 Å². The summed E-state index contributed by atoms with van der Waals surface area (Å²) in [5.74, 6) is -0.581. The molecule has 0 saturated heterocycles. The first kappa shape index (κ1) is 11.5. The van der Waals surface area contributed by atoms with Gasteiger partial charge in [-0.05, 0) is 37.8 Å². The lowest BCUT2D eigenvalue weighted by molar-refractivity contribution is -0.154. The summed E-state index contributed by atoms with van der Waals surface area (Å²) < 4.78 is 5.62. The molecule has 0 spiro atoms. The molecule has 2 rings (SSSR count). The van der Waals surface area contributed by atoms with E-state index in [-0.39, 0.29) is 0 Å². The summed E-state index contributed by atoms with van der Waals surface area (Å²) in [6.07, 6.45) is 2.70. The number of nitrogens with zero attached hydrogens (tertiary/aromatic N) is 1. The minimum Gasteiger partial charge on any atom is -0.478 e. The van der Waals surface area contributed by atoms with Crippen LogP contribution in [0.4, 0.5) is 0 Å². The second-order valence-electron chi connectivity index (χ2n) is 4.22. The van der Waals surface area contributed by atoms with Crippen LogP contribution in [0.1, 0.15) is 31.2 Å². The molecule has 0 amide bonds. The van der Waals surface area contributed by atoms with E-state index < -0.39 is 11.6 Å². The number of nitriles is 1. The molecule has 1 aliphatic rings. The van der Waals surface area contributed by atoms with Crippen molar-refractivity contribution in [3.8, 4) is 11.8 Å². The summed E-state index contributed by atoms with van der Waals surface area (Å²) in [4.78, 5) is 11.3. The molecule has 0 unspecified atom stereocenters. The molecule has 1 aromatic rings. The molecule has 4 nitrogen and oxygen atoms in total. The zero-order valence-corrected chi connectivity index (χ0v) is 9.35. The molecule has 1 saturated carbocycles. The Kier molecular flexibility index (Phi) is 3.01. The fraction of sp³-hybridized carbons (Fsp3) is 0.385. The maximum atomic E-state index is 11.3. The van der Waals surface area contributed by atoms with Gasteiger partial charge in [0, 0.05) is 0 Å². The highest BCUT2D eigenvalue weighted by Crippen LogP contribution is 2.35. The molecular formula is C13H13NO3. The number of carboxylic acid groups (broad SMARTS) is 1. The zero-order chi connectivity index (χ0) is 12.3. The van der Waals surface area contributed by atoms with E-state index in [4.69, 9.17) is 10.00 Å². The standard InChI is InChI=1S/C13H13NO3/c14-9-10-5-1-2-6-11(10)17-13(12(15)16)7-3-4-8-13/h1-2,5-6H,3-4,7-8H2,(H,15,16). The van der Waals surface area contributed by atoms with Crippen LogP contribution in [0, 0.1) is 11.3 Å². The Balaban J connectivity index is 2.30. The van der Waals surface area contributed by atoms with Crippen molar-refractivity contribution in [3.63, 3.8) is 0 Å². The van der Waals surface area contributed by atoms with E-state index in [0.717, 1.165) is 12.8 Å². The van der Waals surface area contributed by atoms with Crippen LogP contribution in [0.25, 0.3) is 0 Å². The van der Waals surface area contributed by atoms with Gasteiger partial charge in [-0.2, -0.15) is 5.26 Å².